The number of benzene rings is 2. The second-order valence-corrected chi connectivity index (χ2v) is 9.47. The van der Waals surface area contributed by atoms with Crippen LogP contribution in [0.3, 0.4) is 0 Å². The Morgan fingerprint density at radius 3 is 2.47 bits per heavy atom. The summed E-state index contributed by atoms with van der Waals surface area (Å²) in [7, 11) is 0. The highest BCUT2D eigenvalue weighted by molar-refractivity contribution is 7.99. The smallest absolute Gasteiger partial charge is 0.231 e. The number of nitrogens with zero attached hydrogens (tertiary/aromatic N) is 3. The van der Waals surface area contributed by atoms with Gasteiger partial charge in [0.2, 0.25) is 5.91 Å². The second-order valence-electron chi connectivity index (χ2n) is 7.55. The minimum Gasteiger partial charge on any atom is -0.467 e. The van der Waals surface area contributed by atoms with Crippen molar-refractivity contribution in [2.75, 3.05) is 5.75 Å². The van der Waals surface area contributed by atoms with E-state index in [1.807, 2.05) is 94.9 Å². The summed E-state index contributed by atoms with van der Waals surface area (Å²) in [6, 6.07) is 27.5. The van der Waals surface area contributed by atoms with E-state index in [0.717, 1.165) is 27.6 Å². The van der Waals surface area contributed by atoms with Crippen molar-refractivity contribution >= 4 is 29.0 Å². The molecule has 0 spiro atoms. The van der Waals surface area contributed by atoms with Gasteiger partial charge in [0.15, 0.2) is 11.0 Å². The Morgan fingerprint density at radius 2 is 1.76 bits per heavy atom. The summed E-state index contributed by atoms with van der Waals surface area (Å²) in [6.07, 6.45) is 1.65. The molecule has 0 radical (unpaired) electrons. The maximum atomic E-state index is 13.0. The minimum absolute atomic E-state index is 0.0685. The molecular formula is C26H22N4O2S2. The van der Waals surface area contributed by atoms with Gasteiger partial charge in [-0.3, -0.25) is 9.36 Å². The molecule has 1 N–H and O–H groups in total. The van der Waals surface area contributed by atoms with Crippen LogP contribution in [0.1, 0.15) is 22.2 Å². The zero-order valence-electron chi connectivity index (χ0n) is 18.2. The molecule has 5 rings (SSSR count). The van der Waals surface area contributed by atoms with E-state index in [1.165, 1.54) is 11.8 Å². The van der Waals surface area contributed by atoms with Crippen LogP contribution >= 0.6 is 23.1 Å². The molecule has 3 aromatic heterocycles. The van der Waals surface area contributed by atoms with E-state index < -0.39 is 0 Å². The third-order valence-corrected chi connectivity index (χ3v) is 7.15. The third kappa shape index (κ3) is 5.13. The van der Waals surface area contributed by atoms with Gasteiger partial charge < -0.3 is 9.73 Å². The van der Waals surface area contributed by atoms with E-state index >= 15 is 0 Å². The summed E-state index contributed by atoms with van der Waals surface area (Å²) in [6.45, 7) is 0.482. The van der Waals surface area contributed by atoms with Gasteiger partial charge in [0.25, 0.3) is 0 Å². The maximum absolute atomic E-state index is 13.0. The lowest BCUT2D eigenvalue weighted by atomic mass is 10.1. The first-order valence-corrected chi connectivity index (χ1v) is 12.7. The van der Waals surface area contributed by atoms with Crippen molar-refractivity contribution < 1.29 is 9.21 Å². The normalized spacial score (nSPS) is 11.9. The molecule has 0 unspecified atom stereocenters. The molecule has 0 saturated heterocycles. The SMILES string of the molecule is O=C(CSc1nnc(-c2ccccc2)n1Cc1ccco1)N[C@H](c1ccccc1)c1cccs1. The Kier molecular flexibility index (Phi) is 6.88. The number of rotatable bonds is 9. The Hall–Kier alpha value is -3.62. The molecule has 0 fully saturated rings. The van der Waals surface area contributed by atoms with Gasteiger partial charge >= 0.3 is 0 Å². The van der Waals surface area contributed by atoms with Gasteiger partial charge in [0.05, 0.1) is 24.6 Å². The van der Waals surface area contributed by atoms with E-state index in [9.17, 15) is 4.79 Å². The van der Waals surface area contributed by atoms with E-state index in [0.29, 0.717) is 11.7 Å². The zero-order chi connectivity index (χ0) is 23.2. The van der Waals surface area contributed by atoms with Crippen LogP contribution in [0.4, 0.5) is 0 Å². The van der Waals surface area contributed by atoms with Gasteiger partial charge in [0, 0.05) is 10.4 Å². The molecule has 0 bridgehead atoms. The lowest BCUT2D eigenvalue weighted by molar-refractivity contribution is -0.119. The highest BCUT2D eigenvalue weighted by atomic mass is 32.2. The topological polar surface area (TPSA) is 73.0 Å². The van der Waals surface area contributed by atoms with E-state index in [-0.39, 0.29) is 17.7 Å². The van der Waals surface area contributed by atoms with Gasteiger partial charge in [-0.2, -0.15) is 0 Å². The highest BCUT2D eigenvalue weighted by Gasteiger charge is 2.20. The largest absolute Gasteiger partial charge is 0.467 e. The summed E-state index contributed by atoms with van der Waals surface area (Å²) in [5.74, 6) is 1.69. The zero-order valence-corrected chi connectivity index (χ0v) is 19.8. The Morgan fingerprint density at radius 1 is 0.971 bits per heavy atom. The van der Waals surface area contributed by atoms with Gasteiger partial charge in [-0.1, -0.05) is 78.5 Å². The van der Waals surface area contributed by atoms with Crippen molar-refractivity contribution in [3.8, 4) is 11.4 Å². The Bertz CT molecular complexity index is 1320. The van der Waals surface area contributed by atoms with E-state index in [4.69, 9.17) is 4.42 Å². The van der Waals surface area contributed by atoms with Crippen molar-refractivity contribution in [1.82, 2.24) is 20.1 Å². The fraction of sp³-hybridized carbons (Fsp3) is 0.115. The molecule has 2 aromatic carbocycles. The van der Waals surface area contributed by atoms with Crippen molar-refractivity contribution in [2.45, 2.75) is 17.7 Å². The first-order chi connectivity index (χ1) is 16.8. The second kappa shape index (κ2) is 10.5. The number of aromatic nitrogens is 3. The minimum atomic E-state index is -0.185. The molecule has 170 valence electrons. The molecule has 34 heavy (non-hydrogen) atoms. The number of carbonyl (C=O) groups excluding carboxylic acids is 1. The maximum Gasteiger partial charge on any atom is 0.231 e. The average molecular weight is 487 g/mol. The van der Waals surface area contributed by atoms with Crippen molar-refractivity contribution in [3.05, 3.63) is 113 Å². The van der Waals surface area contributed by atoms with Crippen LogP contribution in [-0.4, -0.2) is 26.4 Å². The quantitative estimate of drug-likeness (QED) is 0.273. The van der Waals surface area contributed by atoms with Gasteiger partial charge in [-0.05, 0) is 29.1 Å². The first-order valence-electron chi connectivity index (χ1n) is 10.8. The number of thioether (sulfide) groups is 1. The number of furan rings is 1. The predicted molar refractivity (Wildman–Crippen MR) is 135 cm³/mol. The number of amides is 1. The standard InChI is InChI=1S/C26H22N4O2S2/c31-23(27-24(22-14-8-16-33-22)19-9-3-1-4-10-19)18-34-26-29-28-25(20-11-5-2-6-12-20)30(26)17-21-13-7-15-32-21/h1-16,24H,17-18H2,(H,27,31)/t24-/m1/s1. The predicted octanol–water partition coefficient (Wildman–Crippen LogP) is 5.65. The molecule has 0 aliphatic carbocycles. The number of hydrogen-bond donors (Lipinski definition) is 1. The van der Waals surface area contributed by atoms with E-state index in [1.54, 1.807) is 17.6 Å². The number of hydrogen-bond acceptors (Lipinski definition) is 6. The van der Waals surface area contributed by atoms with Crippen LogP contribution in [0, 0.1) is 0 Å². The number of thiophene rings is 1. The van der Waals surface area contributed by atoms with Gasteiger partial charge in [0.1, 0.15) is 5.76 Å². The molecule has 1 atom stereocenters. The number of carbonyl (C=O) groups is 1. The summed E-state index contributed by atoms with van der Waals surface area (Å²) in [4.78, 5) is 14.1. The molecule has 1 amide bonds. The van der Waals surface area contributed by atoms with Crippen molar-refractivity contribution in [3.63, 3.8) is 0 Å². The lowest BCUT2D eigenvalue weighted by Gasteiger charge is -2.18. The molecule has 8 heteroatoms. The molecule has 6 nitrogen and oxygen atoms in total. The first kappa shape index (κ1) is 22.2. The molecule has 0 aliphatic rings. The fourth-order valence-electron chi connectivity index (χ4n) is 3.65. The lowest BCUT2D eigenvalue weighted by Crippen LogP contribution is -2.30. The van der Waals surface area contributed by atoms with Crippen LogP contribution in [-0.2, 0) is 11.3 Å². The molecule has 0 aliphatic heterocycles. The van der Waals surface area contributed by atoms with Crippen LogP contribution < -0.4 is 5.32 Å². The third-order valence-electron chi connectivity index (χ3n) is 5.24. The molecule has 0 saturated carbocycles. The summed E-state index contributed by atoms with van der Waals surface area (Å²) < 4.78 is 7.54. The fourth-order valence-corrected chi connectivity index (χ4v) is 5.20. The molecule has 3 heterocycles. The van der Waals surface area contributed by atoms with Crippen LogP contribution in [0.5, 0.6) is 0 Å². The summed E-state index contributed by atoms with van der Waals surface area (Å²) in [5, 5.41) is 14.7. The van der Waals surface area contributed by atoms with E-state index in [2.05, 4.69) is 15.5 Å². The van der Waals surface area contributed by atoms with Crippen LogP contribution in [0.15, 0.2) is 106 Å². The molecule has 5 aromatic rings. The average Bonchev–Trinajstić information content (AvgIpc) is 3.66. The van der Waals surface area contributed by atoms with Gasteiger partial charge in [-0.25, -0.2) is 0 Å². The Balaban J connectivity index is 1.34. The molecular weight excluding hydrogens is 464 g/mol. The van der Waals surface area contributed by atoms with Crippen molar-refractivity contribution in [1.29, 1.82) is 0 Å². The van der Waals surface area contributed by atoms with Crippen LogP contribution in [0.25, 0.3) is 11.4 Å². The summed E-state index contributed by atoms with van der Waals surface area (Å²) >= 11 is 3.00. The van der Waals surface area contributed by atoms with Crippen molar-refractivity contribution in [2.24, 2.45) is 0 Å². The monoisotopic (exact) mass is 486 g/mol. The van der Waals surface area contributed by atoms with Crippen LogP contribution in [0.2, 0.25) is 0 Å². The van der Waals surface area contributed by atoms with Gasteiger partial charge in [-0.15, -0.1) is 21.5 Å². The number of nitrogens with one attached hydrogen (secondary N) is 1. The highest BCUT2D eigenvalue weighted by Crippen LogP contribution is 2.28. The Labute approximate surface area is 205 Å². The summed E-state index contributed by atoms with van der Waals surface area (Å²) in [5.41, 5.74) is 2.01.